The van der Waals surface area contributed by atoms with Gasteiger partial charge in [0.2, 0.25) is 5.56 Å². The number of aromatic amines is 1. The average Bonchev–Trinajstić information content (AvgIpc) is 2.71. The number of halogens is 3. The third-order valence-electron chi connectivity index (χ3n) is 4.28. The van der Waals surface area contributed by atoms with Crippen LogP contribution in [0.2, 0.25) is 0 Å². The third-order valence-corrected chi connectivity index (χ3v) is 4.28. The van der Waals surface area contributed by atoms with Gasteiger partial charge in [0.05, 0.1) is 12.2 Å². The van der Waals surface area contributed by atoms with E-state index in [-0.39, 0.29) is 29.9 Å². The summed E-state index contributed by atoms with van der Waals surface area (Å²) in [6.07, 6.45) is -3.80. The number of hydrogen-bond donors (Lipinski definition) is 2. The number of alkyl halides is 3. The van der Waals surface area contributed by atoms with Gasteiger partial charge < -0.3 is 20.2 Å². The maximum atomic E-state index is 12.2. The quantitative estimate of drug-likeness (QED) is 0.507. The van der Waals surface area contributed by atoms with Crippen molar-refractivity contribution in [3.63, 3.8) is 0 Å². The highest BCUT2D eigenvalue weighted by Crippen LogP contribution is 2.36. The minimum Gasteiger partial charge on any atom is -0.494 e. The lowest BCUT2D eigenvalue weighted by molar-refractivity contribution is -0.136. The van der Waals surface area contributed by atoms with Crippen LogP contribution in [0.4, 0.5) is 13.2 Å². The molecule has 0 aliphatic rings. The molecule has 9 heteroatoms. The van der Waals surface area contributed by atoms with Crippen LogP contribution >= 0.6 is 0 Å². The molecule has 2 aromatic carbocycles. The Morgan fingerprint density at radius 2 is 1.74 bits per heavy atom. The number of amides is 1. The second kappa shape index (κ2) is 9.38. The molecule has 0 bridgehead atoms. The fraction of sp³-hybridized carbons (Fsp3) is 0.182. The second-order valence-electron chi connectivity index (χ2n) is 6.63. The normalized spacial score (nSPS) is 11.2. The van der Waals surface area contributed by atoms with Gasteiger partial charge in [0.1, 0.15) is 17.2 Å². The highest BCUT2D eigenvalue weighted by Gasteiger charge is 2.26. The number of hydrogen-bond acceptors (Lipinski definition) is 4. The molecule has 0 saturated carbocycles. The predicted molar refractivity (Wildman–Crippen MR) is 108 cm³/mol. The molecule has 0 radical (unpaired) electrons. The van der Waals surface area contributed by atoms with Gasteiger partial charge in [0, 0.05) is 24.2 Å². The van der Waals surface area contributed by atoms with Crippen molar-refractivity contribution in [1.29, 1.82) is 0 Å². The Morgan fingerprint density at radius 1 is 1.03 bits per heavy atom. The van der Waals surface area contributed by atoms with Crippen molar-refractivity contribution in [3.05, 3.63) is 76.7 Å². The number of carbonyl (C=O) groups is 1. The molecule has 0 aliphatic carbocycles. The van der Waals surface area contributed by atoms with Gasteiger partial charge in [-0.1, -0.05) is 12.1 Å². The number of rotatable bonds is 8. The zero-order valence-electron chi connectivity index (χ0n) is 16.2. The lowest BCUT2D eigenvalue weighted by Gasteiger charge is -2.15. The smallest absolute Gasteiger partial charge is 0.389 e. The number of aromatic nitrogens is 1. The Labute approximate surface area is 175 Å². The summed E-state index contributed by atoms with van der Waals surface area (Å²) in [6, 6.07) is 14.0. The van der Waals surface area contributed by atoms with Gasteiger partial charge in [-0.05, 0) is 48.4 Å². The molecule has 0 fully saturated rings. The molecule has 1 amide bonds. The lowest BCUT2D eigenvalue weighted by atomic mass is 10.0. The van der Waals surface area contributed by atoms with Crippen LogP contribution in [0.5, 0.6) is 17.2 Å². The molecule has 0 spiro atoms. The van der Waals surface area contributed by atoms with E-state index in [0.717, 1.165) is 0 Å². The molecule has 0 saturated heterocycles. The Morgan fingerprint density at radius 3 is 2.39 bits per heavy atom. The van der Waals surface area contributed by atoms with E-state index in [1.807, 2.05) is 0 Å². The highest BCUT2D eigenvalue weighted by atomic mass is 19.4. The maximum absolute atomic E-state index is 12.2. The number of nitrogens with two attached hydrogens (primary N) is 1. The molecule has 3 rings (SSSR count). The standard InChI is InChI=1S/C22H19F3N2O4/c23-22(24,25)10-2-12-30-15-5-7-16(8-6-15)31-20-17(3-1-4-18(20)21(26)29)14-9-11-27-19(28)13-14/h1,3-9,11,13H,2,10,12H2,(H2,26,29)(H,27,28). The zero-order valence-corrected chi connectivity index (χ0v) is 16.2. The number of primary amides is 1. The first-order chi connectivity index (χ1) is 14.7. The number of ether oxygens (including phenoxy) is 2. The van der Waals surface area contributed by atoms with Gasteiger partial charge >= 0.3 is 6.18 Å². The number of para-hydroxylation sites is 1. The van der Waals surface area contributed by atoms with Gasteiger partial charge in [0.25, 0.3) is 5.91 Å². The van der Waals surface area contributed by atoms with Crippen molar-refractivity contribution in [2.24, 2.45) is 5.73 Å². The Balaban J connectivity index is 1.80. The first kappa shape index (κ1) is 21.9. The molecule has 1 aromatic heterocycles. The zero-order chi connectivity index (χ0) is 22.4. The summed E-state index contributed by atoms with van der Waals surface area (Å²) >= 11 is 0. The topological polar surface area (TPSA) is 94.4 Å². The minimum absolute atomic E-state index is 0.0725. The predicted octanol–water partition coefficient (Wildman–Crippen LogP) is 4.65. The first-order valence-electron chi connectivity index (χ1n) is 9.32. The summed E-state index contributed by atoms with van der Waals surface area (Å²) in [5, 5.41) is 0. The largest absolute Gasteiger partial charge is 0.494 e. The molecule has 162 valence electrons. The van der Waals surface area contributed by atoms with E-state index in [9.17, 15) is 22.8 Å². The molecule has 0 aliphatic heterocycles. The van der Waals surface area contributed by atoms with E-state index in [1.165, 1.54) is 18.3 Å². The van der Waals surface area contributed by atoms with Crippen molar-refractivity contribution in [1.82, 2.24) is 4.98 Å². The number of nitrogens with one attached hydrogen (secondary N) is 1. The van der Waals surface area contributed by atoms with Crippen LogP contribution in [0.3, 0.4) is 0 Å². The monoisotopic (exact) mass is 432 g/mol. The van der Waals surface area contributed by atoms with E-state index in [0.29, 0.717) is 22.6 Å². The van der Waals surface area contributed by atoms with Crippen molar-refractivity contribution < 1.29 is 27.4 Å². The Hall–Kier alpha value is -3.75. The van der Waals surface area contributed by atoms with E-state index in [1.54, 1.807) is 42.5 Å². The first-order valence-corrected chi connectivity index (χ1v) is 9.32. The Bertz CT molecular complexity index is 1110. The van der Waals surface area contributed by atoms with Crippen LogP contribution in [0, 0.1) is 0 Å². The third kappa shape index (κ3) is 6.11. The van der Waals surface area contributed by atoms with Gasteiger partial charge in [-0.25, -0.2) is 0 Å². The van der Waals surface area contributed by atoms with Crippen molar-refractivity contribution >= 4 is 5.91 Å². The molecule has 31 heavy (non-hydrogen) atoms. The summed E-state index contributed by atoms with van der Waals surface area (Å²) in [5.74, 6) is 0.209. The van der Waals surface area contributed by atoms with Gasteiger partial charge in [0.15, 0.2) is 0 Å². The maximum Gasteiger partial charge on any atom is 0.389 e. The lowest BCUT2D eigenvalue weighted by Crippen LogP contribution is -2.13. The van der Waals surface area contributed by atoms with Crippen LogP contribution in [0.25, 0.3) is 11.1 Å². The molecule has 6 nitrogen and oxygen atoms in total. The summed E-state index contributed by atoms with van der Waals surface area (Å²) < 4.78 is 47.8. The molecule has 0 atom stereocenters. The number of carbonyl (C=O) groups excluding carboxylic acids is 1. The van der Waals surface area contributed by atoms with E-state index < -0.39 is 18.5 Å². The van der Waals surface area contributed by atoms with E-state index in [4.69, 9.17) is 15.2 Å². The summed E-state index contributed by atoms with van der Waals surface area (Å²) in [7, 11) is 0. The van der Waals surface area contributed by atoms with E-state index >= 15 is 0 Å². The van der Waals surface area contributed by atoms with Crippen LogP contribution in [0.15, 0.2) is 65.6 Å². The fourth-order valence-corrected chi connectivity index (χ4v) is 2.86. The minimum atomic E-state index is -4.21. The molecular formula is C22H19F3N2O4. The van der Waals surface area contributed by atoms with Crippen molar-refractivity contribution in [3.8, 4) is 28.4 Å². The van der Waals surface area contributed by atoms with Crippen LogP contribution < -0.4 is 20.8 Å². The second-order valence-corrected chi connectivity index (χ2v) is 6.63. The fourth-order valence-electron chi connectivity index (χ4n) is 2.86. The van der Waals surface area contributed by atoms with Gasteiger partial charge in [-0.3, -0.25) is 9.59 Å². The number of benzene rings is 2. The number of pyridine rings is 1. The SMILES string of the molecule is NC(=O)c1cccc(-c2cc[nH]c(=O)c2)c1Oc1ccc(OCCCC(F)(F)F)cc1. The Kier molecular flexibility index (Phi) is 6.64. The molecular weight excluding hydrogens is 413 g/mol. The summed E-state index contributed by atoms with van der Waals surface area (Å²) in [5.41, 5.74) is 6.32. The van der Waals surface area contributed by atoms with Gasteiger partial charge in [-0.15, -0.1) is 0 Å². The highest BCUT2D eigenvalue weighted by molar-refractivity contribution is 5.98. The molecule has 3 N–H and O–H groups in total. The van der Waals surface area contributed by atoms with E-state index in [2.05, 4.69) is 4.98 Å². The van der Waals surface area contributed by atoms with Crippen LogP contribution in [-0.2, 0) is 0 Å². The number of H-pyrrole nitrogens is 1. The molecule has 0 unspecified atom stereocenters. The molecule has 1 heterocycles. The van der Waals surface area contributed by atoms with Crippen molar-refractivity contribution in [2.45, 2.75) is 19.0 Å². The molecule has 3 aromatic rings. The van der Waals surface area contributed by atoms with Crippen LogP contribution in [0.1, 0.15) is 23.2 Å². The summed E-state index contributed by atoms with van der Waals surface area (Å²) in [6.45, 7) is -0.0725. The summed E-state index contributed by atoms with van der Waals surface area (Å²) in [4.78, 5) is 26.1. The van der Waals surface area contributed by atoms with Crippen molar-refractivity contribution in [2.75, 3.05) is 6.61 Å². The van der Waals surface area contributed by atoms with Crippen LogP contribution in [-0.4, -0.2) is 23.7 Å². The average molecular weight is 432 g/mol. The van der Waals surface area contributed by atoms with Gasteiger partial charge in [-0.2, -0.15) is 13.2 Å².